The summed E-state index contributed by atoms with van der Waals surface area (Å²) >= 11 is 0. The highest BCUT2D eigenvalue weighted by molar-refractivity contribution is 7.90. The van der Waals surface area contributed by atoms with Crippen LogP contribution >= 0.6 is 0 Å². The SMILES string of the molecule is CC(C)CS(=O)(=O)n1ccc2c(-c3ccc(OCc4ccccc4)cc3)cc(N3CCN(C)CC3)nc21. The monoisotopic (exact) mass is 518 g/mol. The van der Waals surface area contributed by atoms with Gasteiger partial charge >= 0.3 is 0 Å². The number of nitrogens with zero attached hydrogens (tertiary/aromatic N) is 4. The lowest BCUT2D eigenvalue weighted by atomic mass is 10.0. The molecule has 0 aliphatic carbocycles. The van der Waals surface area contributed by atoms with Crippen molar-refractivity contribution in [2.75, 3.05) is 43.9 Å². The molecule has 0 bridgehead atoms. The molecule has 2 aromatic heterocycles. The van der Waals surface area contributed by atoms with Gasteiger partial charge in [0.05, 0.1) is 5.75 Å². The molecule has 0 amide bonds. The Morgan fingerprint density at radius 3 is 2.32 bits per heavy atom. The molecule has 0 N–H and O–H groups in total. The Hall–Kier alpha value is -3.36. The molecule has 0 radical (unpaired) electrons. The van der Waals surface area contributed by atoms with E-state index in [4.69, 9.17) is 9.72 Å². The lowest BCUT2D eigenvalue weighted by Gasteiger charge is -2.33. The van der Waals surface area contributed by atoms with Crippen molar-refractivity contribution in [1.29, 1.82) is 0 Å². The number of fused-ring (bicyclic) bond motifs is 1. The third-order valence-electron chi connectivity index (χ3n) is 6.69. The summed E-state index contributed by atoms with van der Waals surface area (Å²) in [5.41, 5.74) is 3.56. The molecule has 0 saturated carbocycles. The predicted octanol–water partition coefficient (Wildman–Crippen LogP) is 4.87. The van der Waals surface area contributed by atoms with Crippen LogP contribution in [-0.4, -0.2) is 61.3 Å². The summed E-state index contributed by atoms with van der Waals surface area (Å²) in [5.74, 6) is 1.68. The van der Waals surface area contributed by atoms with Crippen molar-refractivity contribution in [2.45, 2.75) is 20.5 Å². The van der Waals surface area contributed by atoms with Crippen LogP contribution in [0.5, 0.6) is 5.75 Å². The van der Waals surface area contributed by atoms with E-state index in [1.54, 1.807) is 6.20 Å². The molecule has 0 atom stereocenters. The van der Waals surface area contributed by atoms with Crippen LogP contribution in [0.1, 0.15) is 19.4 Å². The Balaban J connectivity index is 1.52. The number of likely N-dealkylation sites (N-methyl/N-ethyl adjacent to an activating group) is 1. The summed E-state index contributed by atoms with van der Waals surface area (Å²) in [5, 5.41) is 0.822. The highest BCUT2D eigenvalue weighted by Gasteiger charge is 2.23. The number of rotatable bonds is 8. The number of pyridine rings is 1. The minimum absolute atomic E-state index is 0.0196. The van der Waals surface area contributed by atoms with Crippen molar-refractivity contribution in [1.82, 2.24) is 13.9 Å². The van der Waals surface area contributed by atoms with E-state index >= 15 is 0 Å². The number of anilines is 1. The first kappa shape index (κ1) is 25.3. The Kier molecular flexibility index (Phi) is 7.22. The van der Waals surface area contributed by atoms with Crippen LogP contribution in [0.25, 0.3) is 22.2 Å². The molecule has 1 aliphatic heterocycles. The highest BCUT2D eigenvalue weighted by Crippen LogP contribution is 2.34. The normalized spacial score (nSPS) is 15.0. The number of piperazine rings is 1. The van der Waals surface area contributed by atoms with Gasteiger partial charge in [-0.1, -0.05) is 56.3 Å². The summed E-state index contributed by atoms with van der Waals surface area (Å²) in [6, 6.07) is 22.0. The quantitative estimate of drug-likeness (QED) is 0.332. The van der Waals surface area contributed by atoms with Gasteiger partial charge in [-0.25, -0.2) is 17.4 Å². The molecule has 5 rings (SSSR count). The molecule has 37 heavy (non-hydrogen) atoms. The number of aromatic nitrogens is 2. The molecule has 1 saturated heterocycles. The maximum Gasteiger partial charge on any atom is 0.240 e. The molecule has 8 heteroatoms. The van der Waals surface area contributed by atoms with Gasteiger partial charge in [-0.3, -0.25) is 0 Å². The Morgan fingerprint density at radius 2 is 1.65 bits per heavy atom. The predicted molar refractivity (Wildman–Crippen MR) is 150 cm³/mol. The van der Waals surface area contributed by atoms with E-state index in [2.05, 4.69) is 22.9 Å². The maximum atomic E-state index is 13.2. The van der Waals surface area contributed by atoms with E-state index in [1.165, 1.54) is 3.97 Å². The number of ether oxygens (including phenoxy) is 1. The van der Waals surface area contributed by atoms with Crippen LogP contribution in [0.3, 0.4) is 0 Å². The Bertz CT molecular complexity index is 1460. The summed E-state index contributed by atoms with van der Waals surface area (Å²) in [6.07, 6.45) is 1.64. The van der Waals surface area contributed by atoms with Crippen molar-refractivity contribution in [3.8, 4) is 16.9 Å². The molecule has 0 spiro atoms. The van der Waals surface area contributed by atoms with E-state index < -0.39 is 10.0 Å². The van der Waals surface area contributed by atoms with E-state index in [9.17, 15) is 8.42 Å². The van der Waals surface area contributed by atoms with Gasteiger partial charge in [-0.05, 0) is 53.9 Å². The minimum Gasteiger partial charge on any atom is -0.489 e. The van der Waals surface area contributed by atoms with Crippen LogP contribution in [0.4, 0.5) is 5.82 Å². The molecule has 1 aliphatic rings. The van der Waals surface area contributed by atoms with E-state index in [1.807, 2.05) is 74.5 Å². The van der Waals surface area contributed by atoms with Gasteiger partial charge in [0, 0.05) is 37.8 Å². The summed E-state index contributed by atoms with van der Waals surface area (Å²) in [6.45, 7) is 7.91. The number of hydrogen-bond donors (Lipinski definition) is 0. The lowest BCUT2D eigenvalue weighted by molar-refractivity contribution is 0.306. The Labute approximate surface area is 219 Å². The largest absolute Gasteiger partial charge is 0.489 e. The average molecular weight is 519 g/mol. The van der Waals surface area contributed by atoms with Gasteiger partial charge < -0.3 is 14.5 Å². The van der Waals surface area contributed by atoms with Crippen molar-refractivity contribution in [3.63, 3.8) is 0 Å². The first-order valence-corrected chi connectivity index (χ1v) is 14.4. The smallest absolute Gasteiger partial charge is 0.240 e. The number of hydrogen-bond acceptors (Lipinski definition) is 6. The topological polar surface area (TPSA) is 67.7 Å². The molecular weight excluding hydrogens is 484 g/mol. The lowest BCUT2D eigenvalue weighted by Crippen LogP contribution is -2.44. The third-order valence-corrected chi connectivity index (χ3v) is 8.68. The molecular formula is C29H34N4O3S. The van der Waals surface area contributed by atoms with Crippen molar-refractivity contribution < 1.29 is 13.2 Å². The molecule has 3 heterocycles. The van der Waals surface area contributed by atoms with Crippen LogP contribution in [0.15, 0.2) is 72.9 Å². The first-order chi connectivity index (χ1) is 17.8. The zero-order valence-corrected chi connectivity index (χ0v) is 22.5. The van der Waals surface area contributed by atoms with Crippen molar-refractivity contribution in [3.05, 3.63) is 78.5 Å². The summed E-state index contributed by atoms with van der Waals surface area (Å²) in [4.78, 5) is 9.43. The second kappa shape index (κ2) is 10.6. The van der Waals surface area contributed by atoms with E-state index in [-0.39, 0.29) is 11.7 Å². The second-order valence-corrected chi connectivity index (χ2v) is 12.0. The molecule has 0 unspecified atom stereocenters. The van der Waals surface area contributed by atoms with Crippen LogP contribution in [0.2, 0.25) is 0 Å². The second-order valence-electron chi connectivity index (χ2n) is 10.1. The molecule has 4 aromatic rings. The van der Waals surface area contributed by atoms with Crippen LogP contribution < -0.4 is 9.64 Å². The van der Waals surface area contributed by atoms with Gasteiger partial charge in [-0.15, -0.1) is 0 Å². The maximum absolute atomic E-state index is 13.2. The summed E-state index contributed by atoms with van der Waals surface area (Å²) in [7, 11) is -1.42. The van der Waals surface area contributed by atoms with Gasteiger partial charge in [0.25, 0.3) is 0 Å². The van der Waals surface area contributed by atoms with E-state index in [0.717, 1.165) is 59.8 Å². The molecule has 7 nitrogen and oxygen atoms in total. The molecule has 2 aromatic carbocycles. The fourth-order valence-corrected chi connectivity index (χ4v) is 6.36. The van der Waals surface area contributed by atoms with Crippen molar-refractivity contribution >= 4 is 26.9 Å². The minimum atomic E-state index is -3.53. The van der Waals surface area contributed by atoms with Gasteiger partial charge in [-0.2, -0.15) is 0 Å². The Morgan fingerprint density at radius 1 is 0.946 bits per heavy atom. The fraction of sp³-hybridized carbons (Fsp3) is 0.345. The van der Waals surface area contributed by atoms with Gasteiger partial charge in [0.15, 0.2) is 5.65 Å². The van der Waals surface area contributed by atoms with Crippen LogP contribution in [0, 0.1) is 5.92 Å². The zero-order valence-electron chi connectivity index (χ0n) is 21.7. The zero-order chi connectivity index (χ0) is 26.0. The van der Waals surface area contributed by atoms with Crippen molar-refractivity contribution in [2.24, 2.45) is 5.92 Å². The average Bonchev–Trinajstić information content (AvgIpc) is 3.33. The fourth-order valence-electron chi connectivity index (χ4n) is 4.71. The van der Waals surface area contributed by atoms with Crippen LogP contribution in [-0.2, 0) is 16.6 Å². The molecule has 194 valence electrons. The third kappa shape index (κ3) is 5.65. The van der Waals surface area contributed by atoms with Gasteiger partial charge in [0.2, 0.25) is 10.0 Å². The van der Waals surface area contributed by atoms with Gasteiger partial charge in [0.1, 0.15) is 18.2 Å². The first-order valence-electron chi connectivity index (χ1n) is 12.8. The summed E-state index contributed by atoms with van der Waals surface area (Å²) < 4.78 is 33.8. The highest BCUT2D eigenvalue weighted by atomic mass is 32.2. The number of benzene rings is 2. The molecule has 1 fully saturated rings. The standard InChI is InChI=1S/C29H34N4O3S/c1-22(2)21-37(34,35)33-14-13-26-27(19-28(30-29(26)33)32-17-15-31(3)16-18-32)24-9-11-25(12-10-24)36-20-23-7-5-4-6-8-23/h4-14,19,22H,15-18,20-21H2,1-3H3. The van der Waals surface area contributed by atoms with E-state index in [0.29, 0.717) is 12.3 Å².